The maximum absolute atomic E-state index is 14.5. The normalized spacial score (nSPS) is 12.0. The van der Waals surface area contributed by atoms with E-state index in [1.54, 1.807) is 6.07 Å². The number of fused-ring (bicyclic) bond motifs is 1. The average molecular weight is 438 g/mol. The van der Waals surface area contributed by atoms with Crippen molar-refractivity contribution in [2.75, 3.05) is 13.2 Å². The molecule has 2 N–H and O–H groups in total. The van der Waals surface area contributed by atoms with Gasteiger partial charge in [-0.3, -0.25) is 4.68 Å². The summed E-state index contributed by atoms with van der Waals surface area (Å²) in [4.78, 5) is 7.16. The zero-order valence-corrected chi connectivity index (χ0v) is 16.0. The van der Waals surface area contributed by atoms with Crippen molar-refractivity contribution in [3.8, 4) is 28.4 Å². The van der Waals surface area contributed by atoms with Gasteiger partial charge in [-0.2, -0.15) is 18.3 Å². The van der Waals surface area contributed by atoms with Crippen molar-refractivity contribution in [3.05, 3.63) is 53.7 Å². The van der Waals surface area contributed by atoms with Crippen LogP contribution in [0.2, 0.25) is 0 Å². The van der Waals surface area contributed by atoms with E-state index in [0.717, 1.165) is 22.9 Å². The third kappa shape index (κ3) is 3.96. The van der Waals surface area contributed by atoms with Crippen LogP contribution in [0.4, 0.5) is 22.0 Å². The van der Waals surface area contributed by atoms with Gasteiger partial charge >= 0.3 is 6.18 Å². The van der Waals surface area contributed by atoms with Gasteiger partial charge in [0, 0.05) is 19.2 Å². The molecule has 0 fully saturated rings. The van der Waals surface area contributed by atoms with Crippen molar-refractivity contribution >= 4 is 11.0 Å². The Labute approximate surface area is 171 Å². The number of aliphatic hydroxyl groups excluding tert-OH is 1. The average Bonchev–Trinajstić information content (AvgIpc) is 3.28. The molecule has 0 radical (unpaired) electrons. The van der Waals surface area contributed by atoms with Crippen LogP contribution in [0, 0.1) is 11.6 Å². The van der Waals surface area contributed by atoms with Crippen LogP contribution in [0.25, 0.3) is 33.7 Å². The minimum atomic E-state index is -4.59. The van der Waals surface area contributed by atoms with E-state index >= 15 is 0 Å². The Balaban J connectivity index is 1.73. The number of aryl methyl sites for hydroxylation is 1. The number of H-pyrrole nitrogens is 1. The van der Waals surface area contributed by atoms with E-state index in [2.05, 4.69) is 15.1 Å². The summed E-state index contributed by atoms with van der Waals surface area (Å²) in [7, 11) is 1.37. The number of hydrogen-bond acceptors (Lipinski definition) is 4. The van der Waals surface area contributed by atoms with Gasteiger partial charge in [-0.05, 0) is 24.3 Å². The molecule has 1 aromatic carbocycles. The van der Waals surface area contributed by atoms with Gasteiger partial charge in [0.25, 0.3) is 0 Å². The summed E-state index contributed by atoms with van der Waals surface area (Å²) in [5, 5.41) is 12.2. The van der Waals surface area contributed by atoms with E-state index in [-0.39, 0.29) is 41.6 Å². The molecule has 4 aromatic rings. The summed E-state index contributed by atoms with van der Waals surface area (Å²) in [6.45, 7) is -0.413. The molecule has 11 heteroatoms. The molecule has 0 amide bonds. The zero-order valence-electron chi connectivity index (χ0n) is 16.0. The van der Waals surface area contributed by atoms with Gasteiger partial charge in [0.15, 0.2) is 5.69 Å². The monoisotopic (exact) mass is 438 g/mol. The molecule has 4 rings (SSSR count). The summed E-state index contributed by atoms with van der Waals surface area (Å²) in [6.07, 6.45) is -4.59. The van der Waals surface area contributed by atoms with Crippen molar-refractivity contribution in [1.29, 1.82) is 0 Å². The molecule has 3 heterocycles. The smallest absolute Gasteiger partial charge is 0.435 e. The first-order chi connectivity index (χ1) is 14.7. The Morgan fingerprint density at radius 1 is 1.10 bits per heavy atom. The molecular formula is C20H15F5N4O2. The molecule has 0 aliphatic heterocycles. The molecule has 0 bridgehead atoms. The highest BCUT2D eigenvalue weighted by Crippen LogP contribution is 2.33. The Kier molecular flexibility index (Phi) is 5.13. The minimum absolute atomic E-state index is 0.0685. The predicted octanol–water partition coefficient (Wildman–Crippen LogP) is 4.30. The second-order valence-corrected chi connectivity index (χ2v) is 6.68. The molecule has 3 aromatic heterocycles. The fourth-order valence-corrected chi connectivity index (χ4v) is 3.19. The first-order valence-corrected chi connectivity index (χ1v) is 9.02. The van der Waals surface area contributed by atoms with Crippen molar-refractivity contribution in [2.24, 2.45) is 7.05 Å². The van der Waals surface area contributed by atoms with Crippen LogP contribution in [0.5, 0.6) is 5.75 Å². The van der Waals surface area contributed by atoms with Crippen LogP contribution in [0.15, 0.2) is 36.4 Å². The van der Waals surface area contributed by atoms with Crippen molar-refractivity contribution in [2.45, 2.75) is 6.18 Å². The van der Waals surface area contributed by atoms with Crippen LogP contribution in [-0.4, -0.2) is 38.1 Å². The Bertz CT molecular complexity index is 1240. The summed E-state index contributed by atoms with van der Waals surface area (Å²) >= 11 is 0. The predicted molar refractivity (Wildman–Crippen MR) is 101 cm³/mol. The molecule has 0 aliphatic rings. The van der Waals surface area contributed by atoms with Crippen LogP contribution < -0.4 is 4.74 Å². The summed E-state index contributed by atoms with van der Waals surface area (Å²) in [6, 6.07) is 7.30. The molecule has 162 valence electrons. The fraction of sp³-hybridized carbons (Fsp3) is 0.200. The highest BCUT2D eigenvalue weighted by molar-refractivity contribution is 5.84. The van der Waals surface area contributed by atoms with Gasteiger partial charge in [0.05, 0.1) is 40.3 Å². The Hall–Kier alpha value is -3.47. The second-order valence-electron chi connectivity index (χ2n) is 6.68. The third-order valence-electron chi connectivity index (χ3n) is 4.55. The van der Waals surface area contributed by atoms with Crippen LogP contribution in [-0.2, 0) is 13.2 Å². The maximum atomic E-state index is 14.5. The lowest BCUT2D eigenvalue weighted by Gasteiger charge is -2.08. The van der Waals surface area contributed by atoms with E-state index in [0.29, 0.717) is 11.0 Å². The molecule has 0 saturated heterocycles. The van der Waals surface area contributed by atoms with Gasteiger partial charge in [-0.1, -0.05) is 0 Å². The van der Waals surface area contributed by atoms with Crippen LogP contribution >= 0.6 is 0 Å². The molecule has 6 nitrogen and oxygen atoms in total. The largest absolute Gasteiger partial charge is 0.491 e. The number of aliphatic hydroxyl groups is 1. The lowest BCUT2D eigenvalue weighted by Crippen LogP contribution is -2.06. The SMILES string of the molecule is Cn1nc(C(F)(F)F)cc1-c1ccc2[nH]c(-c3c(F)cc(OCCO)cc3F)cc2n1. The van der Waals surface area contributed by atoms with Crippen molar-refractivity contribution < 1.29 is 31.8 Å². The number of aromatic nitrogens is 4. The van der Waals surface area contributed by atoms with E-state index in [9.17, 15) is 22.0 Å². The van der Waals surface area contributed by atoms with E-state index in [1.165, 1.54) is 19.2 Å². The lowest BCUT2D eigenvalue weighted by molar-refractivity contribution is -0.141. The van der Waals surface area contributed by atoms with Gasteiger partial charge in [-0.25, -0.2) is 13.8 Å². The number of nitrogens with one attached hydrogen (secondary N) is 1. The maximum Gasteiger partial charge on any atom is 0.435 e. The summed E-state index contributed by atoms with van der Waals surface area (Å²) in [5.41, 5.74) is -0.176. The molecule has 0 atom stereocenters. The highest BCUT2D eigenvalue weighted by atomic mass is 19.4. The van der Waals surface area contributed by atoms with E-state index < -0.39 is 23.5 Å². The van der Waals surface area contributed by atoms with Crippen molar-refractivity contribution in [1.82, 2.24) is 19.7 Å². The number of halogens is 5. The summed E-state index contributed by atoms with van der Waals surface area (Å²) in [5.74, 6) is -1.84. The summed E-state index contributed by atoms with van der Waals surface area (Å²) < 4.78 is 73.9. The number of benzene rings is 1. The lowest BCUT2D eigenvalue weighted by atomic mass is 10.1. The number of hydrogen-bond donors (Lipinski definition) is 2. The molecule has 31 heavy (non-hydrogen) atoms. The molecule has 0 saturated carbocycles. The minimum Gasteiger partial charge on any atom is -0.491 e. The Morgan fingerprint density at radius 3 is 2.42 bits per heavy atom. The number of alkyl halides is 3. The van der Waals surface area contributed by atoms with Gasteiger partial charge in [-0.15, -0.1) is 0 Å². The van der Waals surface area contributed by atoms with Crippen LogP contribution in [0.3, 0.4) is 0 Å². The van der Waals surface area contributed by atoms with Gasteiger partial charge < -0.3 is 14.8 Å². The molecule has 0 unspecified atom stereocenters. The van der Waals surface area contributed by atoms with Crippen molar-refractivity contribution in [3.63, 3.8) is 0 Å². The topological polar surface area (TPSA) is 76.0 Å². The number of pyridine rings is 1. The quantitative estimate of drug-likeness (QED) is 0.456. The molecule has 0 aliphatic carbocycles. The zero-order chi connectivity index (χ0) is 22.3. The first kappa shape index (κ1) is 20.8. The number of nitrogens with zero attached hydrogens (tertiary/aromatic N) is 3. The van der Waals surface area contributed by atoms with E-state index in [1.807, 2.05) is 0 Å². The second kappa shape index (κ2) is 7.65. The highest BCUT2D eigenvalue weighted by Gasteiger charge is 2.34. The first-order valence-electron chi connectivity index (χ1n) is 9.02. The van der Waals surface area contributed by atoms with Crippen LogP contribution in [0.1, 0.15) is 5.69 Å². The third-order valence-corrected chi connectivity index (χ3v) is 4.55. The number of rotatable bonds is 5. The number of ether oxygens (including phenoxy) is 1. The van der Waals surface area contributed by atoms with Gasteiger partial charge in [0.2, 0.25) is 0 Å². The number of aromatic amines is 1. The fourth-order valence-electron chi connectivity index (χ4n) is 3.19. The molecular weight excluding hydrogens is 423 g/mol. The standard InChI is InChI=1S/C20H15F5N4O2/c1-29-17(9-18(28-29)20(23,24)25)14-3-2-13-15(27-14)8-16(26-13)19-11(21)6-10(7-12(19)22)31-5-4-30/h2-3,6-9,26,30H,4-5H2,1H3. The van der Waals surface area contributed by atoms with Gasteiger partial charge in [0.1, 0.15) is 24.0 Å². The molecule has 0 spiro atoms. The van der Waals surface area contributed by atoms with E-state index in [4.69, 9.17) is 9.84 Å². The Morgan fingerprint density at radius 2 is 1.81 bits per heavy atom.